The number of hydrogen-bond donors (Lipinski definition) is 1. The molecule has 0 atom stereocenters. The molecule has 5 heteroatoms. The minimum atomic E-state index is -0.0801. The number of fused-ring (bicyclic) bond motifs is 3. The van der Waals surface area contributed by atoms with Crippen LogP contribution in [-0.2, 0) is 39.8 Å². The Bertz CT molecular complexity index is 846. The fraction of sp³-hybridized carbons (Fsp3) is 0.250. The molecule has 0 aliphatic heterocycles. The number of rotatable bonds is 0. The van der Waals surface area contributed by atoms with E-state index in [2.05, 4.69) is 23.8 Å². The van der Waals surface area contributed by atoms with E-state index in [0.29, 0.717) is 5.39 Å². The molecular weight excluding hydrogens is 339 g/mol. The van der Waals surface area contributed by atoms with Gasteiger partial charge in [0.25, 0.3) is 0 Å². The molecule has 0 spiro atoms. The summed E-state index contributed by atoms with van der Waals surface area (Å²) in [6, 6.07) is 3.87. The van der Waals surface area contributed by atoms with Crippen LogP contribution in [0.2, 0.25) is 0 Å². The Kier molecular flexibility index (Phi) is 5.77. The summed E-state index contributed by atoms with van der Waals surface area (Å²) >= 11 is 0. The van der Waals surface area contributed by atoms with Gasteiger partial charge in [-0.15, -0.1) is 11.5 Å². The van der Waals surface area contributed by atoms with Crippen LogP contribution in [0.4, 0.5) is 0 Å². The summed E-state index contributed by atoms with van der Waals surface area (Å²) in [6.07, 6.45) is 0. The number of aromatic nitrogens is 3. The molecule has 21 heavy (non-hydrogen) atoms. The first kappa shape index (κ1) is 17.9. The van der Waals surface area contributed by atoms with E-state index in [1.165, 1.54) is 0 Å². The zero-order chi connectivity index (χ0) is 15.0. The minimum absolute atomic E-state index is 0. The Morgan fingerprint density at radius 2 is 1.86 bits per heavy atom. The van der Waals surface area contributed by atoms with Crippen LogP contribution in [0.15, 0.2) is 16.9 Å². The van der Waals surface area contributed by atoms with E-state index in [1.807, 2.05) is 37.6 Å². The predicted molar refractivity (Wildman–Crippen MR) is 83.8 cm³/mol. The number of H-pyrrole nitrogens is 1. The molecule has 2 aromatic heterocycles. The SMILES string of the molecule is [CH2-]C.[CH2-]c1c(C)[nH]c(=O)c2c1ccc1nc(C)n(C)c12.[Y]. The normalized spacial score (nSPS) is 10.1. The maximum atomic E-state index is 12.2. The smallest absolute Gasteiger partial charge is 0.235 e. The van der Waals surface area contributed by atoms with E-state index in [4.69, 9.17) is 0 Å². The number of hydrogen-bond acceptors (Lipinski definition) is 2. The summed E-state index contributed by atoms with van der Waals surface area (Å²) in [7, 11) is 1.92. The molecule has 1 aromatic carbocycles. The van der Waals surface area contributed by atoms with Crippen LogP contribution >= 0.6 is 0 Å². The summed E-state index contributed by atoms with van der Waals surface area (Å²) in [5.74, 6) is 0.892. The van der Waals surface area contributed by atoms with Gasteiger partial charge in [-0.25, -0.2) is 4.98 Å². The molecule has 0 fully saturated rings. The Hall–Kier alpha value is -1.13. The third-order valence-corrected chi connectivity index (χ3v) is 3.57. The van der Waals surface area contributed by atoms with Crippen molar-refractivity contribution in [3.05, 3.63) is 53.4 Å². The van der Waals surface area contributed by atoms with Crippen LogP contribution in [0, 0.1) is 27.7 Å². The summed E-state index contributed by atoms with van der Waals surface area (Å²) in [5, 5.41) is 1.57. The predicted octanol–water partition coefficient (Wildman–Crippen LogP) is 3.05. The molecule has 0 amide bonds. The summed E-state index contributed by atoms with van der Waals surface area (Å²) < 4.78 is 1.95. The van der Waals surface area contributed by atoms with Crippen molar-refractivity contribution in [2.45, 2.75) is 20.8 Å². The Balaban J connectivity index is 0.000000706. The van der Waals surface area contributed by atoms with Crippen molar-refractivity contribution in [1.82, 2.24) is 14.5 Å². The third kappa shape index (κ3) is 2.79. The largest absolute Gasteiger partial charge is 0.379 e. The van der Waals surface area contributed by atoms with E-state index >= 15 is 0 Å². The van der Waals surface area contributed by atoms with E-state index in [-0.39, 0.29) is 38.3 Å². The fourth-order valence-corrected chi connectivity index (χ4v) is 2.41. The Morgan fingerprint density at radius 1 is 1.24 bits per heavy atom. The summed E-state index contributed by atoms with van der Waals surface area (Å²) in [5.41, 5.74) is 3.31. The minimum Gasteiger partial charge on any atom is -0.379 e. The van der Waals surface area contributed by atoms with Crippen LogP contribution < -0.4 is 5.56 Å². The first-order valence-corrected chi connectivity index (χ1v) is 6.52. The summed E-state index contributed by atoms with van der Waals surface area (Å²) in [4.78, 5) is 19.5. The van der Waals surface area contributed by atoms with Crippen LogP contribution in [0.1, 0.15) is 24.0 Å². The number of benzene rings is 1. The van der Waals surface area contributed by atoms with Gasteiger partial charge in [-0.3, -0.25) is 4.79 Å². The summed E-state index contributed by atoms with van der Waals surface area (Å²) in [6.45, 7) is 12.8. The van der Waals surface area contributed by atoms with Crippen LogP contribution in [0.5, 0.6) is 0 Å². The fourth-order valence-electron chi connectivity index (χ4n) is 2.41. The van der Waals surface area contributed by atoms with Crippen molar-refractivity contribution < 1.29 is 32.7 Å². The van der Waals surface area contributed by atoms with Crippen molar-refractivity contribution in [2.24, 2.45) is 7.05 Å². The average Bonchev–Trinajstić information content (AvgIpc) is 2.73. The standard InChI is InChI=1S/C14H14N3O.C2H5.Y/c1-7-8(2)15-14(18)12-10(7)5-6-11-13(12)17(4)9(3)16-11;1-2;/h5-6H,1H2,2-4H3,(H,15,18);1H2,2H3;/q2*-1;. The molecule has 0 bridgehead atoms. The molecule has 109 valence electrons. The molecule has 2 heterocycles. The van der Waals surface area contributed by atoms with Gasteiger partial charge >= 0.3 is 0 Å². The molecule has 0 aliphatic carbocycles. The van der Waals surface area contributed by atoms with Crippen LogP contribution in [-0.4, -0.2) is 14.5 Å². The second kappa shape index (κ2) is 6.76. The number of nitrogens with zero attached hydrogens (tertiary/aromatic N) is 2. The zero-order valence-electron chi connectivity index (χ0n) is 12.9. The van der Waals surface area contributed by atoms with E-state index in [1.54, 1.807) is 6.92 Å². The van der Waals surface area contributed by atoms with Crippen LogP contribution in [0.3, 0.4) is 0 Å². The molecule has 4 nitrogen and oxygen atoms in total. The maximum absolute atomic E-state index is 12.2. The van der Waals surface area contributed by atoms with Gasteiger partial charge in [0.2, 0.25) is 5.56 Å². The van der Waals surface area contributed by atoms with Gasteiger partial charge in [-0.2, -0.15) is 19.4 Å². The second-order valence-corrected chi connectivity index (χ2v) is 4.63. The maximum Gasteiger partial charge on any atom is 0.235 e. The molecule has 3 aromatic rings. The van der Waals surface area contributed by atoms with E-state index < -0.39 is 0 Å². The molecule has 3 rings (SSSR count). The topological polar surface area (TPSA) is 50.7 Å². The second-order valence-electron chi connectivity index (χ2n) is 4.63. The zero-order valence-corrected chi connectivity index (χ0v) is 15.8. The molecule has 0 saturated heterocycles. The molecule has 1 N–H and O–H groups in total. The molecule has 0 saturated carbocycles. The number of aryl methyl sites for hydroxylation is 3. The molecule has 0 unspecified atom stereocenters. The quantitative estimate of drug-likeness (QED) is 0.628. The monoisotopic (exact) mass is 358 g/mol. The number of aromatic amines is 1. The molecule has 0 aliphatic rings. The van der Waals surface area contributed by atoms with Crippen molar-refractivity contribution in [1.29, 1.82) is 0 Å². The van der Waals surface area contributed by atoms with Gasteiger partial charge in [0, 0.05) is 45.1 Å². The van der Waals surface area contributed by atoms with Crippen molar-refractivity contribution in [3.63, 3.8) is 0 Å². The van der Waals surface area contributed by atoms with Gasteiger partial charge in [-0.1, -0.05) is 12.6 Å². The Labute approximate surface area is 149 Å². The Morgan fingerprint density at radius 3 is 2.48 bits per heavy atom. The third-order valence-electron chi connectivity index (χ3n) is 3.57. The first-order valence-electron chi connectivity index (χ1n) is 6.52. The van der Waals surface area contributed by atoms with Gasteiger partial charge < -0.3 is 16.5 Å². The van der Waals surface area contributed by atoms with E-state index in [0.717, 1.165) is 33.5 Å². The van der Waals surface area contributed by atoms with Gasteiger partial charge in [-0.05, 0) is 13.0 Å². The number of nitrogens with one attached hydrogen (secondary N) is 1. The molecule has 1 radical (unpaired) electrons. The van der Waals surface area contributed by atoms with Crippen molar-refractivity contribution in [2.75, 3.05) is 0 Å². The first-order chi connectivity index (χ1) is 9.50. The van der Waals surface area contributed by atoms with Gasteiger partial charge in [0.1, 0.15) is 5.82 Å². The van der Waals surface area contributed by atoms with Crippen molar-refractivity contribution >= 4 is 21.8 Å². The van der Waals surface area contributed by atoms with Crippen LogP contribution in [0.25, 0.3) is 21.8 Å². The van der Waals surface area contributed by atoms with E-state index in [9.17, 15) is 4.79 Å². The van der Waals surface area contributed by atoms with Gasteiger partial charge in [0.05, 0.1) is 11.0 Å². The average molecular weight is 358 g/mol. The number of pyridine rings is 1. The molecular formula is C16H19N3OY-2. The van der Waals surface area contributed by atoms with Gasteiger partial charge in [0.15, 0.2) is 0 Å². The van der Waals surface area contributed by atoms with Crippen molar-refractivity contribution in [3.8, 4) is 0 Å². The number of imidazole rings is 1.